The fourth-order valence-electron chi connectivity index (χ4n) is 2.35. The van der Waals surface area contributed by atoms with E-state index in [9.17, 15) is 22.8 Å². The van der Waals surface area contributed by atoms with Gasteiger partial charge in [-0.15, -0.1) is 0 Å². The summed E-state index contributed by atoms with van der Waals surface area (Å²) in [5.74, 6) is -1.74. The number of halogens is 3. The molecule has 2 N–H and O–H groups in total. The number of hydrogen-bond acceptors (Lipinski definition) is 6. The van der Waals surface area contributed by atoms with Crippen molar-refractivity contribution < 1.29 is 22.4 Å². The second kappa shape index (κ2) is 7.05. The Morgan fingerprint density at radius 1 is 1.41 bits per heavy atom. The van der Waals surface area contributed by atoms with Gasteiger partial charge in [0.15, 0.2) is 0 Å². The largest absolute Gasteiger partial charge is 0.456 e. The van der Waals surface area contributed by atoms with E-state index < -0.39 is 29.9 Å². The number of nitrogens with one attached hydrogen (secondary N) is 2. The molecule has 0 atom stereocenters. The Labute approximate surface area is 149 Å². The minimum absolute atomic E-state index is 0.0588. The number of aromatic nitrogens is 5. The van der Waals surface area contributed by atoms with Crippen LogP contribution in [0.3, 0.4) is 0 Å². The number of nitrogens with zero attached hydrogens (tertiary/aromatic N) is 4. The molecule has 0 fully saturated rings. The monoisotopic (exact) mass is 382 g/mol. The number of alkyl halides is 3. The molecule has 0 aliphatic heterocycles. The average Bonchev–Trinajstić information content (AvgIpc) is 3.21. The molecule has 0 aliphatic carbocycles. The molecule has 0 saturated heterocycles. The smallest absolute Gasteiger partial charge is 0.449 e. The van der Waals surface area contributed by atoms with Crippen molar-refractivity contribution in [3.05, 3.63) is 63.7 Å². The number of carbonyl (C=O) groups excluding carboxylic acids is 1. The Bertz CT molecular complexity index is 1010. The molecule has 0 aliphatic rings. The Hall–Kier alpha value is -3.44. The molecular weight excluding hydrogens is 369 g/mol. The summed E-state index contributed by atoms with van der Waals surface area (Å²) in [4.78, 5) is 34.3. The number of rotatable bonds is 5. The average molecular weight is 382 g/mol. The second-order valence-corrected chi connectivity index (χ2v) is 5.56. The quantitative estimate of drug-likeness (QED) is 0.686. The Morgan fingerprint density at radius 2 is 2.19 bits per heavy atom. The number of H-pyrrole nitrogens is 1. The van der Waals surface area contributed by atoms with Crippen LogP contribution in [0.2, 0.25) is 0 Å². The van der Waals surface area contributed by atoms with E-state index in [2.05, 4.69) is 29.8 Å². The first-order valence-corrected chi connectivity index (χ1v) is 7.59. The van der Waals surface area contributed by atoms with Gasteiger partial charge in [-0.1, -0.05) is 0 Å². The molecule has 3 rings (SSSR count). The molecule has 0 aromatic carbocycles. The van der Waals surface area contributed by atoms with Crippen LogP contribution in [0.5, 0.6) is 0 Å². The van der Waals surface area contributed by atoms with Gasteiger partial charge in [0, 0.05) is 18.3 Å². The number of amides is 1. The van der Waals surface area contributed by atoms with Crippen LogP contribution in [-0.4, -0.2) is 30.6 Å². The van der Waals surface area contributed by atoms with Crippen LogP contribution in [0.15, 0.2) is 34.1 Å². The third-order valence-electron chi connectivity index (χ3n) is 3.50. The zero-order chi connectivity index (χ0) is 19.6. The van der Waals surface area contributed by atoms with Gasteiger partial charge in [-0.3, -0.25) is 9.59 Å². The fraction of sp³-hybridized carbons (Fsp3) is 0.267. The Morgan fingerprint density at radius 3 is 2.81 bits per heavy atom. The van der Waals surface area contributed by atoms with E-state index in [1.165, 1.54) is 30.3 Å². The molecule has 3 heterocycles. The molecule has 12 heteroatoms. The van der Waals surface area contributed by atoms with Crippen molar-refractivity contribution in [2.24, 2.45) is 0 Å². The van der Waals surface area contributed by atoms with Crippen molar-refractivity contribution in [1.82, 2.24) is 30.0 Å². The van der Waals surface area contributed by atoms with Crippen LogP contribution in [0.25, 0.3) is 0 Å². The summed E-state index contributed by atoms with van der Waals surface area (Å²) in [7, 11) is 0. The van der Waals surface area contributed by atoms with Crippen molar-refractivity contribution in [1.29, 1.82) is 0 Å². The highest BCUT2D eigenvalue weighted by molar-refractivity contribution is 5.93. The van der Waals surface area contributed by atoms with Crippen LogP contribution >= 0.6 is 0 Å². The molecule has 142 valence electrons. The SMILES string of the molecule is Cc1cc(CNC(=O)c2cnc(Cn3cncn3)[nH]c2=O)c(C(F)(F)F)o1. The number of furan rings is 1. The van der Waals surface area contributed by atoms with Crippen LogP contribution in [0, 0.1) is 6.92 Å². The molecule has 0 saturated carbocycles. The van der Waals surface area contributed by atoms with Gasteiger partial charge in [0.25, 0.3) is 11.5 Å². The molecule has 0 spiro atoms. The van der Waals surface area contributed by atoms with Gasteiger partial charge in [0.2, 0.25) is 5.76 Å². The van der Waals surface area contributed by atoms with Crippen molar-refractivity contribution in [3.8, 4) is 0 Å². The van der Waals surface area contributed by atoms with E-state index in [0.717, 1.165) is 6.20 Å². The highest BCUT2D eigenvalue weighted by atomic mass is 19.4. The molecule has 27 heavy (non-hydrogen) atoms. The van der Waals surface area contributed by atoms with E-state index in [0.29, 0.717) is 0 Å². The predicted octanol–water partition coefficient (Wildman–Crippen LogP) is 1.26. The molecule has 3 aromatic rings. The molecule has 3 aromatic heterocycles. The fourth-order valence-corrected chi connectivity index (χ4v) is 2.35. The van der Waals surface area contributed by atoms with Crippen LogP contribution in [0.4, 0.5) is 13.2 Å². The maximum absolute atomic E-state index is 12.9. The second-order valence-electron chi connectivity index (χ2n) is 5.56. The molecular formula is C15H13F3N6O3. The molecule has 9 nitrogen and oxygen atoms in total. The van der Waals surface area contributed by atoms with Gasteiger partial charge >= 0.3 is 6.18 Å². The summed E-state index contributed by atoms with van der Waals surface area (Å²) in [6.45, 7) is 1.05. The van der Waals surface area contributed by atoms with Crippen molar-refractivity contribution in [3.63, 3.8) is 0 Å². The third kappa shape index (κ3) is 4.22. The van der Waals surface area contributed by atoms with E-state index in [-0.39, 0.29) is 29.3 Å². The predicted molar refractivity (Wildman–Crippen MR) is 83.6 cm³/mol. The Kier molecular flexibility index (Phi) is 4.79. The van der Waals surface area contributed by atoms with E-state index in [1.807, 2.05) is 0 Å². The van der Waals surface area contributed by atoms with Gasteiger partial charge in [0.1, 0.15) is 36.3 Å². The summed E-state index contributed by atoms with van der Waals surface area (Å²) >= 11 is 0. The molecule has 0 radical (unpaired) electrons. The van der Waals surface area contributed by atoms with E-state index in [4.69, 9.17) is 0 Å². The zero-order valence-electron chi connectivity index (χ0n) is 13.9. The van der Waals surface area contributed by atoms with Crippen molar-refractivity contribution in [2.75, 3.05) is 0 Å². The van der Waals surface area contributed by atoms with Gasteiger partial charge in [-0.05, 0) is 13.0 Å². The highest BCUT2D eigenvalue weighted by Crippen LogP contribution is 2.33. The maximum atomic E-state index is 12.9. The van der Waals surface area contributed by atoms with Gasteiger partial charge in [-0.2, -0.15) is 18.3 Å². The molecule has 0 bridgehead atoms. The summed E-state index contributed by atoms with van der Waals surface area (Å²) < 4.78 is 44.7. The first kappa shape index (κ1) is 18.4. The topological polar surface area (TPSA) is 119 Å². The summed E-state index contributed by atoms with van der Waals surface area (Å²) in [6.07, 6.45) is -0.902. The number of hydrogen-bond donors (Lipinski definition) is 2. The maximum Gasteiger partial charge on any atom is 0.449 e. The van der Waals surface area contributed by atoms with Crippen LogP contribution < -0.4 is 10.9 Å². The van der Waals surface area contributed by atoms with E-state index in [1.54, 1.807) is 0 Å². The lowest BCUT2D eigenvalue weighted by atomic mass is 10.2. The van der Waals surface area contributed by atoms with Gasteiger partial charge in [-0.25, -0.2) is 14.6 Å². The summed E-state index contributed by atoms with van der Waals surface area (Å²) in [6, 6.07) is 1.17. The summed E-state index contributed by atoms with van der Waals surface area (Å²) in [5, 5.41) is 6.12. The lowest BCUT2D eigenvalue weighted by Crippen LogP contribution is -2.30. The third-order valence-corrected chi connectivity index (χ3v) is 3.50. The zero-order valence-corrected chi connectivity index (χ0v) is 13.9. The van der Waals surface area contributed by atoms with Crippen LogP contribution in [0.1, 0.15) is 33.3 Å². The standard InChI is InChI=1S/C15H13F3N6O3/c1-8-2-9(12(27-8)15(16,17)18)3-21-13(25)10-4-20-11(23-14(10)26)5-24-7-19-6-22-24/h2,4,6-7H,3,5H2,1H3,(H,21,25)(H,20,23,26). The van der Waals surface area contributed by atoms with E-state index >= 15 is 0 Å². The first-order valence-electron chi connectivity index (χ1n) is 7.59. The first-order chi connectivity index (χ1) is 12.7. The minimum atomic E-state index is -4.68. The Balaban J connectivity index is 1.71. The number of carbonyl (C=O) groups is 1. The van der Waals surface area contributed by atoms with Crippen LogP contribution in [-0.2, 0) is 19.3 Å². The van der Waals surface area contributed by atoms with Gasteiger partial charge in [0.05, 0.1) is 0 Å². The highest BCUT2D eigenvalue weighted by Gasteiger charge is 2.38. The molecule has 1 amide bonds. The number of aryl methyl sites for hydroxylation is 1. The lowest BCUT2D eigenvalue weighted by molar-refractivity contribution is -0.154. The minimum Gasteiger partial charge on any atom is -0.456 e. The number of aromatic amines is 1. The summed E-state index contributed by atoms with van der Waals surface area (Å²) in [5.41, 5.74) is -1.29. The van der Waals surface area contributed by atoms with Crippen molar-refractivity contribution >= 4 is 5.91 Å². The lowest BCUT2D eigenvalue weighted by Gasteiger charge is -2.08. The molecule has 0 unspecified atom stereocenters. The normalized spacial score (nSPS) is 11.6. The van der Waals surface area contributed by atoms with Gasteiger partial charge < -0.3 is 14.7 Å². The van der Waals surface area contributed by atoms with Crippen molar-refractivity contribution in [2.45, 2.75) is 26.2 Å².